The number of ether oxygens (including phenoxy) is 2. The monoisotopic (exact) mass is 213 g/mol. The molecule has 1 aliphatic heterocycles. The number of nitrogens with one attached hydrogen (secondary N) is 1. The van der Waals surface area contributed by atoms with Crippen LogP contribution in [0.3, 0.4) is 0 Å². The molecular formula is C11H19NO3. The Labute approximate surface area is 90.6 Å². The van der Waals surface area contributed by atoms with Gasteiger partial charge in [-0.15, -0.1) is 0 Å². The van der Waals surface area contributed by atoms with E-state index in [9.17, 15) is 4.79 Å². The Balaban J connectivity index is 2.51. The number of hydrogen-bond acceptors (Lipinski definition) is 3. The zero-order valence-electron chi connectivity index (χ0n) is 9.69. The van der Waals surface area contributed by atoms with Gasteiger partial charge in [-0.3, -0.25) is 4.79 Å². The molecule has 1 aliphatic rings. The third-order valence-corrected chi connectivity index (χ3v) is 2.11. The largest absolute Gasteiger partial charge is 0.348 e. The lowest BCUT2D eigenvalue weighted by molar-refractivity contribution is -0.167. The van der Waals surface area contributed by atoms with E-state index in [2.05, 4.69) is 5.32 Å². The first-order valence-electron chi connectivity index (χ1n) is 5.25. The summed E-state index contributed by atoms with van der Waals surface area (Å²) < 4.78 is 11.1. The van der Waals surface area contributed by atoms with Crippen molar-refractivity contribution in [3.05, 3.63) is 12.2 Å². The Morgan fingerprint density at radius 3 is 2.60 bits per heavy atom. The van der Waals surface area contributed by atoms with Gasteiger partial charge in [-0.05, 0) is 26.8 Å². The maximum atomic E-state index is 10.9. The average molecular weight is 213 g/mol. The molecule has 0 aromatic carbocycles. The van der Waals surface area contributed by atoms with E-state index in [0.717, 1.165) is 0 Å². The number of hydrogen-bond donors (Lipinski definition) is 1. The van der Waals surface area contributed by atoms with Gasteiger partial charge in [-0.2, -0.15) is 0 Å². The minimum absolute atomic E-state index is 0.0525. The van der Waals surface area contributed by atoms with Crippen LogP contribution in [0.1, 0.15) is 27.7 Å². The second kappa shape index (κ2) is 5.28. The van der Waals surface area contributed by atoms with Crippen molar-refractivity contribution in [3.8, 4) is 0 Å². The quantitative estimate of drug-likeness (QED) is 0.717. The Hall–Kier alpha value is -0.870. The smallest absolute Gasteiger partial charge is 0.217 e. The van der Waals surface area contributed by atoms with E-state index in [1.54, 1.807) is 0 Å². The van der Waals surface area contributed by atoms with Crippen LogP contribution in [0, 0.1) is 0 Å². The van der Waals surface area contributed by atoms with E-state index in [4.69, 9.17) is 9.47 Å². The van der Waals surface area contributed by atoms with Crippen molar-refractivity contribution in [2.75, 3.05) is 0 Å². The summed E-state index contributed by atoms with van der Waals surface area (Å²) in [6.45, 7) is 7.33. The molecule has 0 radical (unpaired) electrons. The minimum Gasteiger partial charge on any atom is -0.348 e. The van der Waals surface area contributed by atoms with E-state index in [-0.39, 0.29) is 30.4 Å². The summed E-state index contributed by atoms with van der Waals surface area (Å²) in [5, 5.41) is 2.80. The molecule has 0 saturated carbocycles. The molecule has 0 bridgehead atoms. The van der Waals surface area contributed by atoms with Crippen LogP contribution in [-0.2, 0) is 14.3 Å². The lowest BCUT2D eigenvalue weighted by Gasteiger charge is -2.31. The molecule has 0 spiro atoms. The van der Waals surface area contributed by atoms with Gasteiger partial charge in [-0.1, -0.05) is 6.08 Å². The highest BCUT2D eigenvalue weighted by Gasteiger charge is 2.24. The van der Waals surface area contributed by atoms with Gasteiger partial charge in [0.05, 0.1) is 18.2 Å². The standard InChI is InChI=1S/C11H19NO3/c1-7(2)14-11-6-5-10(8(3)15-11)12-9(4)13/h5-8,10-11H,1-4H3,(H,12,13)/t8-,10+,11+/m1/s1. The summed E-state index contributed by atoms with van der Waals surface area (Å²) in [6, 6.07) is -0.0606. The number of rotatable bonds is 3. The Bertz CT molecular complexity index is 250. The molecule has 4 nitrogen and oxygen atoms in total. The number of carbonyl (C=O) groups is 1. The Morgan fingerprint density at radius 1 is 1.47 bits per heavy atom. The molecule has 1 amide bonds. The van der Waals surface area contributed by atoms with Crippen molar-refractivity contribution < 1.29 is 14.3 Å². The van der Waals surface area contributed by atoms with Crippen LogP contribution in [-0.4, -0.2) is 30.4 Å². The fourth-order valence-electron chi connectivity index (χ4n) is 1.45. The van der Waals surface area contributed by atoms with Gasteiger partial charge in [0.25, 0.3) is 0 Å². The van der Waals surface area contributed by atoms with E-state index in [1.807, 2.05) is 32.9 Å². The zero-order chi connectivity index (χ0) is 11.4. The van der Waals surface area contributed by atoms with Gasteiger partial charge >= 0.3 is 0 Å². The predicted octanol–water partition coefficient (Wildman–Crippen LogP) is 1.22. The highest BCUT2D eigenvalue weighted by molar-refractivity contribution is 5.73. The molecule has 15 heavy (non-hydrogen) atoms. The summed E-state index contributed by atoms with van der Waals surface area (Å²) in [6.07, 6.45) is 3.51. The molecule has 0 aromatic heterocycles. The first kappa shape index (κ1) is 12.2. The minimum atomic E-state index is -0.301. The van der Waals surface area contributed by atoms with Crippen LogP contribution in [0.4, 0.5) is 0 Å². The van der Waals surface area contributed by atoms with Gasteiger partial charge in [0.1, 0.15) is 0 Å². The van der Waals surface area contributed by atoms with Crippen molar-refractivity contribution in [2.45, 2.75) is 52.2 Å². The first-order chi connectivity index (χ1) is 6.99. The molecule has 86 valence electrons. The third kappa shape index (κ3) is 4.01. The van der Waals surface area contributed by atoms with Crippen molar-refractivity contribution in [3.63, 3.8) is 0 Å². The SMILES string of the molecule is CC(=O)N[C@H]1C=C[C@@H](OC(C)C)O[C@@H]1C. The fraction of sp³-hybridized carbons (Fsp3) is 0.727. The maximum absolute atomic E-state index is 10.9. The van der Waals surface area contributed by atoms with Gasteiger partial charge in [-0.25, -0.2) is 0 Å². The van der Waals surface area contributed by atoms with Crippen molar-refractivity contribution >= 4 is 5.91 Å². The number of amides is 1. The second-order valence-electron chi connectivity index (χ2n) is 4.01. The first-order valence-corrected chi connectivity index (χ1v) is 5.25. The summed E-state index contributed by atoms with van der Waals surface area (Å²) >= 11 is 0. The van der Waals surface area contributed by atoms with E-state index in [0.29, 0.717) is 0 Å². The van der Waals surface area contributed by atoms with Gasteiger partial charge in [0.15, 0.2) is 6.29 Å². The van der Waals surface area contributed by atoms with E-state index < -0.39 is 0 Å². The van der Waals surface area contributed by atoms with Crippen molar-refractivity contribution in [1.82, 2.24) is 5.32 Å². The number of carbonyl (C=O) groups excluding carboxylic acids is 1. The van der Waals surface area contributed by atoms with Crippen molar-refractivity contribution in [2.24, 2.45) is 0 Å². The molecule has 4 heteroatoms. The Morgan fingerprint density at radius 2 is 2.13 bits per heavy atom. The highest BCUT2D eigenvalue weighted by atomic mass is 16.7. The summed E-state index contributed by atoms with van der Waals surface area (Å²) in [5.41, 5.74) is 0. The lowest BCUT2D eigenvalue weighted by atomic mass is 10.1. The Kier molecular flexibility index (Phi) is 4.29. The van der Waals surface area contributed by atoms with Crippen LogP contribution >= 0.6 is 0 Å². The van der Waals surface area contributed by atoms with Gasteiger partial charge in [0, 0.05) is 6.92 Å². The normalized spacial score (nSPS) is 30.6. The molecule has 3 atom stereocenters. The van der Waals surface area contributed by atoms with E-state index >= 15 is 0 Å². The molecule has 1 heterocycles. The third-order valence-electron chi connectivity index (χ3n) is 2.11. The molecule has 0 aliphatic carbocycles. The second-order valence-corrected chi connectivity index (χ2v) is 4.01. The van der Waals surface area contributed by atoms with Gasteiger partial charge in [0.2, 0.25) is 5.91 Å². The predicted molar refractivity (Wildman–Crippen MR) is 57.3 cm³/mol. The topological polar surface area (TPSA) is 47.6 Å². The van der Waals surface area contributed by atoms with Crippen LogP contribution in [0.25, 0.3) is 0 Å². The fourth-order valence-corrected chi connectivity index (χ4v) is 1.45. The summed E-state index contributed by atoms with van der Waals surface area (Å²) in [5.74, 6) is -0.0525. The summed E-state index contributed by atoms with van der Waals surface area (Å²) in [4.78, 5) is 10.9. The van der Waals surface area contributed by atoms with Gasteiger partial charge < -0.3 is 14.8 Å². The lowest BCUT2D eigenvalue weighted by Crippen LogP contribution is -2.45. The molecule has 0 saturated heterocycles. The van der Waals surface area contributed by atoms with Crippen molar-refractivity contribution in [1.29, 1.82) is 0 Å². The van der Waals surface area contributed by atoms with Crippen LogP contribution in [0.15, 0.2) is 12.2 Å². The highest BCUT2D eigenvalue weighted by Crippen LogP contribution is 2.14. The average Bonchev–Trinajstić information content (AvgIpc) is 2.08. The van der Waals surface area contributed by atoms with Crippen LogP contribution in [0.2, 0.25) is 0 Å². The molecule has 0 fully saturated rings. The molecule has 0 aromatic rings. The molecule has 1 N–H and O–H groups in total. The van der Waals surface area contributed by atoms with E-state index in [1.165, 1.54) is 6.92 Å². The van der Waals surface area contributed by atoms with Crippen LogP contribution < -0.4 is 5.32 Å². The zero-order valence-corrected chi connectivity index (χ0v) is 9.69. The molecular weight excluding hydrogens is 194 g/mol. The maximum Gasteiger partial charge on any atom is 0.217 e. The summed E-state index contributed by atoms with van der Waals surface area (Å²) in [7, 11) is 0. The molecule has 0 unspecified atom stereocenters. The van der Waals surface area contributed by atoms with Crippen LogP contribution in [0.5, 0.6) is 0 Å². The molecule has 1 rings (SSSR count).